The van der Waals surface area contributed by atoms with E-state index < -0.39 is 5.67 Å². The highest BCUT2D eigenvalue weighted by atomic mass is 19.1. The maximum absolute atomic E-state index is 13.5. The van der Waals surface area contributed by atoms with E-state index in [0.29, 0.717) is 19.5 Å². The molecule has 1 aromatic heterocycles. The fraction of sp³-hybridized carbons (Fsp3) is 0.714. The lowest BCUT2D eigenvalue weighted by Gasteiger charge is -2.34. The molecule has 0 aromatic carbocycles. The van der Waals surface area contributed by atoms with Gasteiger partial charge in [-0.25, -0.2) is 4.39 Å². The van der Waals surface area contributed by atoms with Crippen LogP contribution in [0.25, 0.3) is 0 Å². The van der Waals surface area contributed by atoms with Gasteiger partial charge in [-0.2, -0.15) is 0 Å². The number of aryl methyl sites for hydroxylation is 1. The molecule has 1 aromatic rings. The molecule has 1 fully saturated rings. The highest BCUT2D eigenvalue weighted by Crippen LogP contribution is 2.20. The molecule has 1 saturated heterocycles. The van der Waals surface area contributed by atoms with Crippen molar-refractivity contribution < 1.29 is 4.39 Å². The van der Waals surface area contributed by atoms with E-state index in [4.69, 9.17) is 0 Å². The van der Waals surface area contributed by atoms with Crippen molar-refractivity contribution in [2.24, 2.45) is 7.05 Å². The van der Waals surface area contributed by atoms with Crippen LogP contribution in [-0.2, 0) is 13.5 Å². The first-order valence-electron chi connectivity index (χ1n) is 3.93. The summed E-state index contributed by atoms with van der Waals surface area (Å²) in [5, 5.41) is 10.5. The summed E-state index contributed by atoms with van der Waals surface area (Å²) in [6.07, 6.45) is 2.12. The number of alkyl halides is 1. The summed E-state index contributed by atoms with van der Waals surface area (Å²) < 4.78 is 15.0. The summed E-state index contributed by atoms with van der Waals surface area (Å²) >= 11 is 0. The van der Waals surface area contributed by atoms with Gasteiger partial charge in [-0.05, 0) is 0 Å². The second-order valence-corrected chi connectivity index (χ2v) is 3.31. The van der Waals surface area contributed by atoms with Gasteiger partial charge in [-0.15, -0.1) is 5.10 Å². The average molecular weight is 170 g/mol. The van der Waals surface area contributed by atoms with Gasteiger partial charge >= 0.3 is 0 Å². The predicted octanol–water partition coefficient (Wildman–Crippen LogP) is -0.331. The summed E-state index contributed by atoms with van der Waals surface area (Å²) in [4.78, 5) is 0. The van der Waals surface area contributed by atoms with Crippen molar-refractivity contribution >= 4 is 0 Å². The van der Waals surface area contributed by atoms with E-state index in [1.54, 1.807) is 17.9 Å². The lowest BCUT2D eigenvalue weighted by atomic mass is 9.94. The SMILES string of the molecule is Cn1cc(CC2(F)CNC2)nn1. The Hall–Kier alpha value is -0.970. The number of nitrogens with one attached hydrogen (secondary N) is 1. The number of aromatic nitrogens is 3. The van der Waals surface area contributed by atoms with Crippen molar-refractivity contribution in [3.8, 4) is 0 Å². The second kappa shape index (κ2) is 2.52. The predicted molar refractivity (Wildman–Crippen MR) is 41.4 cm³/mol. The summed E-state index contributed by atoms with van der Waals surface area (Å²) in [6, 6.07) is 0. The van der Waals surface area contributed by atoms with E-state index in [9.17, 15) is 4.39 Å². The Morgan fingerprint density at radius 3 is 2.92 bits per heavy atom. The monoisotopic (exact) mass is 170 g/mol. The van der Waals surface area contributed by atoms with Crippen molar-refractivity contribution in [1.29, 1.82) is 0 Å². The minimum atomic E-state index is -1.09. The standard InChI is InChI=1S/C7H11FN4/c1-12-3-6(10-11-12)2-7(8)4-9-5-7/h3,9H,2,4-5H2,1H3. The molecular weight excluding hydrogens is 159 g/mol. The van der Waals surface area contributed by atoms with Gasteiger partial charge < -0.3 is 5.32 Å². The summed E-state index contributed by atoms with van der Waals surface area (Å²) in [7, 11) is 1.78. The molecule has 0 radical (unpaired) electrons. The lowest BCUT2D eigenvalue weighted by Crippen LogP contribution is -2.57. The van der Waals surface area contributed by atoms with Crippen LogP contribution in [0.4, 0.5) is 4.39 Å². The molecule has 66 valence electrons. The molecule has 0 aliphatic carbocycles. The largest absolute Gasteiger partial charge is 0.310 e. The van der Waals surface area contributed by atoms with Crippen LogP contribution in [-0.4, -0.2) is 33.8 Å². The van der Waals surface area contributed by atoms with E-state index in [-0.39, 0.29) is 0 Å². The van der Waals surface area contributed by atoms with E-state index in [1.165, 1.54) is 0 Å². The van der Waals surface area contributed by atoms with Crippen molar-refractivity contribution in [2.75, 3.05) is 13.1 Å². The molecule has 0 amide bonds. The molecule has 0 unspecified atom stereocenters. The number of hydrogen-bond acceptors (Lipinski definition) is 3. The molecule has 1 N–H and O–H groups in total. The molecule has 2 rings (SSSR count). The van der Waals surface area contributed by atoms with Crippen molar-refractivity contribution in [1.82, 2.24) is 20.3 Å². The molecule has 12 heavy (non-hydrogen) atoms. The summed E-state index contributed by atoms with van der Waals surface area (Å²) in [5.41, 5.74) is -0.364. The first-order valence-corrected chi connectivity index (χ1v) is 3.93. The second-order valence-electron chi connectivity index (χ2n) is 3.31. The maximum Gasteiger partial charge on any atom is 0.141 e. The maximum atomic E-state index is 13.5. The van der Waals surface area contributed by atoms with Crippen LogP contribution >= 0.6 is 0 Å². The van der Waals surface area contributed by atoms with E-state index in [2.05, 4.69) is 15.6 Å². The molecule has 0 saturated carbocycles. The van der Waals surface area contributed by atoms with Gasteiger partial charge in [-0.3, -0.25) is 4.68 Å². The van der Waals surface area contributed by atoms with Crippen LogP contribution in [0.1, 0.15) is 5.69 Å². The van der Waals surface area contributed by atoms with Gasteiger partial charge in [0.05, 0.1) is 5.69 Å². The lowest BCUT2D eigenvalue weighted by molar-refractivity contribution is 0.0900. The molecule has 5 heteroatoms. The fourth-order valence-electron chi connectivity index (χ4n) is 1.32. The molecule has 1 aliphatic rings. The Morgan fingerprint density at radius 2 is 2.50 bits per heavy atom. The minimum Gasteiger partial charge on any atom is -0.310 e. The van der Waals surface area contributed by atoms with Crippen LogP contribution in [0.5, 0.6) is 0 Å². The van der Waals surface area contributed by atoms with E-state index in [1.807, 2.05) is 0 Å². The number of rotatable bonds is 2. The van der Waals surface area contributed by atoms with Crippen LogP contribution in [0.2, 0.25) is 0 Å². The Balaban J connectivity index is 2.03. The van der Waals surface area contributed by atoms with Crippen molar-refractivity contribution in [3.05, 3.63) is 11.9 Å². The smallest absolute Gasteiger partial charge is 0.141 e. The average Bonchev–Trinajstić information content (AvgIpc) is 2.32. The molecule has 0 bridgehead atoms. The van der Waals surface area contributed by atoms with Crippen LogP contribution in [0, 0.1) is 0 Å². The molecule has 1 aliphatic heterocycles. The normalized spacial score (nSPS) is 20.5. The Kier molecular flexibility index (Phi) is 1.61. The van der Waals surface area contributed by atoms with Crippen LogP contribution < -0.4 is 5.32 Å². The number of nitrogens with zero attached hydrogens (tertiary/aromatic N) is 3. The van der Waals surface area contributed by atoms with Gasteiger partial charge in [0.15, 0.2) is 0 Å². The Labute approximate surface area is 69.8 Å². The zero-order chi connectivity index (χ0) is 8.60. The molecule has 4 nitrogen and oxygen atoms in total. The molecule has 0 atom stereocenters. The quantitative estimate of drug-likeness (QED) is 0.661. The van der Waals surface area contributed by atoms with Gasteiger partial charge in [0.1, 0.15) is 5.67 Å². The first-order chi connectivity index (χ1) is 5.68. The Bertz CT molecular complexity index is 279. The van der Waals surface area contributed by atoms with Gasteiger partial charge in [0.25, 0.3) is 0 Å². The fourth-order valence-corrected chi connectivity index (χ4v) is 1.32. The highest BCUT2D eigenvalue weighted by Gasteiger charge is 2.37. The Morgan fingerprint density at radius 1 is 1.75 bits per heavy atom. The topological polar surface area (TPSA) is 42.7 Å². The zero-order valence-electron chi connectivity index (χ0n) is 6.92. The highest BCUT2D eigenvalue weighted by molar-refractivity contribution is 5.05. The number of hydrogen-bond donors (Lipinski definition) is 1. The molecule has 2 heterocycles. The third-order valence-corrected chi connectivity index (χ3v) is 2.03. The molecule has 0 spiro atoms. The zero-order valence-corrected chi connectivity index (χ0v) is 6.92. The molecular formula is C7H11FN4. The van der Waals surface area contributed by atoms with E-state index >= 15 is 0 Å². The van der Waals surface area contributed by atoms with Gasteiger partial charge in [0.2, 0.25) is 0 Å². The summed E-state index contributed by atoms with van der Waals surface area (Å²) in [6.45, 7) is 0.868. The van der Waals surface area contributed by atoms with Crippen LogP contribution in [0.15, 0.2) is 6.20 Å². The van der Waals surface area contributed by atoms with Gasteiger partial charge in [-0.1, -0.05) is 5.21 Å². The number of halogens is 1. The third kappa shape index (κ3) is 1.32. The summed E-state index contributed by atoms with van der Waals surface area (Å²) in [5.74, 6) is 0. The van der Waals surface area contributed by atoms with Crippen LogP contribution in [0.3, 0.4) is 0 Å². The van der Waals surface area contributed by atoms with E-state index in [0.717, 1.165) is 5.69 Å². The third-order valence-electron chi connectivity index (χ3n) is 2.03. The van der Waals surface area contributed by atoms with Crippen molar-refractivity contribution in [3.63, 3.8) is 0 Å². The minimum absolute atomic E-state index is 0.369. The first kappa shape index (κ1) is 7.67. The van der Waals surface area contributed by atoms with Crippen molar-refractivity contribution in [2.45, 2.75) is 12.1 Å². The van der Waals surface area contributed by atoms with Gasteiger partial charge in [0, 0.05) is 32.8 Å².